The first-order valence-corrected chi connectivity index (χ1v) is 6.94. The Balaban J connectivity index is 1.95. The zero-order valence-electron chi connectivity index (χ0n) is 12.1. The molecule has 2 atom stereocenters. The maximum Gasteiger partial charge on any atom is 0.227 e. The van der Waals surface area contributed by atoms with Gasteiger partial charge in [-0.2, -0.15) is 0 Å². The summed E-state index contributed by atoms with van der Waals surface area (Å²) in [5.74, 6) is -1.88. The summed E-state index contributed by atoms with van der Waals surface area (Å²) in [6.45, 7) is 1.57. The number of amides is 1. The second-order valence-electron chi connectivity index (χ2n) is 5.06. The van der Waals surface area contributed by atoms with Crippen LogP contribution in [0, 0.1) is 11.6 Å². The molecule has 0 radical (unpaired) electrons. The fourth-order valence-electron chi connectivity index (χ4n) is 2.12. The molecule has 5 heteroatoms. The molecular formula is C17H17F2NO2. The van der Waals surface area contributed by atoms with Crippen LogP contribution in [0.1, 0.15) is 30.1 Å². The number of rotatable bonds is 5. The van der Waals surface area contributed by atoms with Crippen molar-refractivity contribution in [1.82, 2.24) is 5.32 Å². The topological polar surface area (TPSA) is 49.3 Å². The van der Waals surface area contributed by atoms with Crippen LogP contribution in [-0.2, 0) is 4.79 Å². The van der Waals surface area contributed by atoms with Crippen molar-refractivity contribution in [3.63, 3.8) is 0 Å². The highest BCUT2D eigenvalue weighted by atomic mass is 19.1. The smallest absolute Gasteiger partial charge is 0.227 e. The van der Waals surface area contributed by atoms with Crippen molar-refractivity contribution in [2.45, 2.75) is 18.9 Å². The lowest BCUT2D eigenvalue weighted by molar-refractivity contribution is -0.122. The van der Waals surface area contributed by atoms with Gasteiger partial charge in [-0.15, -0.1) is 0 Å². The molecule has 2 aromatic carbocycles. The maximum atomic E-state index is 13.6. The van der Waals surface area contributed by atoms with Crippen LogP contribution in [0.15, 0.2) is 48.5 Å². The van der Waals surface area contributed by atoms with Gasteiger partial charge >= 0.3 is 0 Å². The van der Waals surface area contributed by atoms with Gasteiger partial charge in [-0.3, -0.25) is 4.79 Å². The zero-order valence-corrected chi connectivity index (χ0v) is 12.1. The monoisotopic (exact) mass is 305 g/mol. The molecule has 2 unspecified atom stereocenters. The van der Waals surface area contributed by atoms with E-state index >= 15 is 0 Å². The summed E-state index contributed by atoms with van der Waals surface area (Å²) in [6.07, 6.45) is -0.947. The number of aliphatic hydroxyl groups is 1. The third-order valence-corrected chi connectivity index (χ3v) is 3.49. The Morgan fingerprint density at radius 1 is 1.14 bits per heavy atom. The Morgan fingerprint density at radius 2 is 1.77 bits per heavy atom. The van der Waals surface area contributed by atoms with E-state index in [1.807, 2.05) is 0 Å². The Hall–Kier alpha value is -2.27. The molecule has 0 aliphatic rings. The summed E-state index contributed by atoms with van der Waals surface area (Å²) in [4.78, 5) is 12.0. The van der Waals surface area contributed by atoms with Gasteiger partial charge in [0.05, 0.1) is 12.0 Å². The molecule has 2 aromatic rings. The molecular weight excluding hydrogens is 288 g/mol. The number of hydrogen-bond acceptors (Lipinski definition) is 2. The first kappa shape index (κ1) is 16.1. The second kappa shape index (κ2) is 7.13. The molecule has 0 aromatic heterocycles. The molecule has 0 bridgehead atoms. The molecule has 116 valence electrons. The molecule has 3 nitrogen and oxygen atoms in total. The van der Waals surface area contributed by atoms with Crippen LogP contribution >= 0.6 is 0 Å². The lowest BCUT2D eigenvalue weighted by Crippen LogP contribution is -2.32. The number of carbonyl (C=O) groups is 1. The van der Waals surface area contributed by atoms with Crippen molar-refractivity contribution in [3.8, 4) is 0 Å². The van der Waals surface area contributed by atoms with E-state index in [1.54, 1.807) is 25.1 Å². The van der Waals surface area contributed by atoms with Gasteiger partial charge in [0, 0.05) is 6.54 Å². The first-order valence-electron chi connectivity index (χ1n) is 6.94. The minimum Gasteiger partial charge on any atom is -0.387 e. The minimum absolute atomic E-state index is 0.0245. The van der Waals surface area contributed by atoms with Gasteiger partial charge in [-0.05, 0) is 36.2 Å². The van der Waals surface area contributed by atoms with Crippen LogP contribution in [0.3, 0.4) is 0 Å². The standard InChI is InChI=1S/C17H17F2NO2/c1-11(14-4-2-3-5-15(14)19)17(22)20-10-16(21)12-6-8-13(18)9-7-12/h2-9,11,16,21H,10H2,1H3,(H,20,22). The van der Waals surface area contributed by atoms with Gasteiger partial charge in [0.2, 0.25) is 5.91 Å². The van der Waals surface area contributed by atoms with Gasteiger partial charge in [0.1, 0.15) is 11.6 Å². The van der Waals surface area contributed by atoms with Crippen LogP contribution in [0.5, 0.6) is 0 Å². The Labute approximate surface area is 127 Å². The van der Waals surface area contributed by atoms with Gasteiger partial charge in [0.25, 0.3) is 0 Å². The van der Waals surface area contributed by atoms with E-state index in [4.69, 9.17) is 0 Å². The molecule has 0 aliphatic carbocycles. The Kier molecular flexibility index (Phi) is 5.22. The van der Waals surface area contributed by atoms with Gasteiger partial charge < -0.3 is 10.4 Å². The number of aliphatic hydroxyl groups excluding tert-OH is 1. The highest BCUT2D eigenvalue weighted by Gasteiger charge is 2.19. The lowest BCUT2D eigenvalue weighted by Gasteiger charge is -2.16. The molecule has 0 fully saturated rings. The first-order chi connectivity index (χ1) is 10.5. The van der Waals surface area contributed by atoms with Crippen LogP contribution in [0.2, 0.25) is 0 Å². The Morgan fingerprint density at radius 3 is 2.41 bits per heavy atom. The summed E-state index contributed by atoms with van der Waals surface area (Å²) < 4.78 is 26.4. The van der Waals surface area contributed by atoms with Gasteiger partial charge in [-0.1, -0.05) is 30.3 Å². The van der Waals surface area contributed by atoms with E-state index < -0.39 is 23.7 Å². The molecule has 1 amide bonds. The van der Waals surface area contributed by atoms with Crippen LogP contribution in [-0.4, -0.2) is 17.6 Å². The van der Waals surface area contributed by atoms with Crippen molar-refractivity contribution in [2.75, 3.05) is 6.54 Å². The van der Waals surface area contributed by atoms with E-state index in [-0.39, 0.29) is 12.5 Å². The van der Waals surface area contributed by atoms with Crippen molar-refractivity contribution < 1.29 is 18.7 Å². The van der Waals surface area contributed by atoms with Crippen LogP contribution in [0.25, 0.3) is 0 Å². The van der Waals surface area contributed by atoms with Crippen molar-refractivity contribution in [3.05, 3.63) is 71.3 Å². The minimum atomic E-state index is -0.947. The third-order valence-electron chi connectivity index (χ3n) is 3.49. The summed E-state index contributed by atoms with van der Waals surface area (Å²) >= 11 is 0. The van der Waals surface area contributed by atoms with Crippen LogP contribution in [0.4, 0.5) is 8.78 Å². The van der Waals surface area contributed by atoms with Crippen molar-refractivity contribution in [1.29, 1.82) is 0 Å². The van der Waals surface area contributed by atoms with Crippen molar-refractivity contribution >= 4 is 5.91 Å². The molecule has 0 saturated heterocycles. The molecule has 0 spiro atoms. The predicted molar refractivity (Wildman–Crippen MR) is 79.2 cm³/mol. The molecule has 22 heavy (non-hydrogen) atoms. The summed E-state index contributed by atoms with van der Waals surface area (Å²) in [5.41, 5.74) is 0.802. The molecule has 2 N–H and O–H groups in total. The second-order valence-corrected chi connectivity index (χ2v) is 5.06. The SMILES string of the molecule is CC(C(=O)NCC(O)c1ccc(F)cc1)c1ccccc1F. The zero-order chi connectivity index (χ0) is 16.1. The molecule has 0 heterocycles. The fraction of sp³-hybridized carbons (Fsp3) is 0.235. The number of carbonyl (C=O) groups excluding carboxylic acids is 1. The van der Waals surface area contributed by atoms with Crippen LogP contribution < -0.4 is 5.32 Å². The lowest BCUT2D eigenvalue weighted by atomic mass is 9.99. The average Bonchev–Trinajstić information content (AvgIpc) is 2.52. The van der Waals surface area contributed by atoms with E-state index in [9.17, 15) is 18.7 Å². The number of nitrogens with one attached hydrogen (secondary N) is 1. The predicted octanol–water partition coefficient (Wildman–Crippen LogP) is 2.92. The number of benzene rings is 2. The number of halogens is 2. The van der Waals surface area contributed by atoms with E-state index in [0.29, 0.717) is 11.1 Å². The number of hydrogen-bond donors (Lipinski definition) is 2. The summed E-state index contributed by atoms with van der Waals surface area (Å²) in [6, 6.07) is 11.4. The quantitative estimate of drug-likeness (QED) is 0.892. The van der Waals surface area contributed by atoms with E-state index in [2.05, 4.69) is 5.32 Å². The summed E-state index contributed by atoms with van der Waals surface area (Å²) in [5, 5.41) is 12.5. The Bertz CT molecular complexity index is 643. The van der Waals surface area contributed by atoms with E-state index in [0.717, 1.165) is 0 Å². The normalized spacial score (nSPS) is 13.5. The average molecular weight is 305 g/mol. The van der Waals surface area contributed by atoms with E-state index in [1.165, 1.54) is 30.3 Å². The third kappa shape index (κ3) is 3.89. The molecule has 0 aliphatic heterocycles. The molecule has 0 saturated carbocycles. The molecule has 2 rings (SSSR count). The fourth-order valence-corrected chi connectivity index (χ4v) is 2.12. The largest absolute Gasteiger partial charge is 0.387 e. The van der Waals surface area contributed by atoms with Crippen molar-refractivity contribution in [2.24, 2.45) is 0 Å². The maximum absolute atomic E-state index is 13.6. The van der Waals surface area contributed by atoms with Gasteiger partial charge in [-0.25, -0.2) is 8.78 Å². The highest BCUT2D eigenvalue weighted by Crippen LogP contribution is 2.19. The van der Waals surface area contributed by atoms with Gasteiger partial charge in [0.15, 0.2) is 0 Å². The highest BCUT2D eigenvalue weighted by molar-refractivity contribution is 5.83. The summed E-state index contributed by atoms with van der Waals surface area (Å²) in [7, 11) is 0.